The fraction of sp³-hybridized carbons (Fsp3) is 0.0952. The van der Waals surface area contributed by atoms with Gasteiger partial charge in [0.1, 0.15) is 12.3 Å². The van der Waals surface area contributed by atoms with Crippen molar-refractivity contribution in [1.82, 2.24) is 14.9 Å². The summed E-state index contributed by atoms with van der Waals surface area (Å²) in [5.74, 6) is 0.221. The van der Waals surface area contributed by atoms with Crippen molar-refractivity contribution in [2.75, 3.05) is 0 Å². The van der Waals surface area contributed by atoms with Gasteiger partial charge in [0.15, 0.2) is 5.76 Å². The maximum Gasteiger partial charge on any atom is 0.331 e. The van der Waals surface area contributed by atoms with Gasteiger partial charge in [0.05, 0.1) is 17.6 Å². The van der Waals surface area contributed by atoms with E-state index in [9.17, 15) is 4.79 Å². The normalized spacial score (nSPS) is 11.1. The molecule has 0 unspecified atom stereocenters. The third-order valence-corrected chi connectivity index (χ3v) is 4.82. The maximum absolute atomic E-state index is 11.9. The molecule has 6 nitrogen and oxygen atoms in total. The van der Waals surface area contributed by atoms with Crippen LogP contribution in [0.4, 0.5) is 0 Å². The van der Waals surface area contributed by atoms with E-state index in [0.29, 0.717) is 18.0 Å². The Hall–Kier alpha value is -3.45. The van der Waals surface area contributed by atoms with Crippen LogP contribution in [0.25, 0.3) is 16.7 Å². The summed E-state index contributed by atoms with van der Waals surface area (Å²) in [4.78, 5) is 12.9. The van der Waals surface area contributed by atoms with Gasteiger partial charge in [-0.05, 0) is 23.1 Å². The molecule has 0 atom stereocenters. The largest absolute Gasteiger partial charge is 0.456 e. The number of aromatic nitrogens is 3. The molecule has 3 heterocycles. The molecule has 0 bridgehead atoms. The van der Waals surface area contributed by atoms with Crippen molar-refractivity contribution in [3.63, 3.8) is 0 Å². The molecule has 4 aromatic rings. The SMILES string of the molecule is O=C(/C=C/c1cnn(Cc2ccccc2)c1)OCc1cc(-c2cccs2)on1. The average Bonchev–Trinajstić information content (AvgIpc) is 3.47. The molecule has 0 saturated heterocycles. The van der Waals surface area contributed by atoms with Crippen LogP contribution in [-0.4, -0.2) is 20.9 Å². The molecular weight excluding hydrogens is 374 g/mol. The van der Waals surface area contributed by atoms with Crippen LogP contribution >= 0.6 is 11.3 Å². The fourth-order valence-corrected chi connectivity index (χ4v) is 3.27. The van der Waals surface area contributed by atoms with Crippen LogP contribution in [0.1, 0.15) is 16.8 Å². The first-order valence-corrected chi connectivity index (χ1v) is 9.55. The molecule has 1 aromatic carbocycles. The third kappa shape index (κ3) is 4.63. The lowest BCUT2D eigenvalue weighted by Crippen LogP contribution is -2.00. The zero-order valence-corrected chi connectivity index (χ0v) is 15.7. The second kappa shape index (κ2) is 8.49. The fourth-order valence-electron chi connectivity index (χ4n) is 2.59. The zero-order chi connectivity index (χ0) is 19.2. The number of hydrogen-bond donors (Lipinski definition) is 0. The van der Waals surface area contributed by atoms with Gasteiger partial charge in [-0.1, -0.05) is 41.6 Å². The van der Waals surface area contributed by atoms with Gasteiger partial charge in [-0.2, -0.15) is 5.10 Å². The van der Waals surface area contributed by atoms with Crippen LogP contribution in [0, 0.1) is 0 Å². The molecule has 7 heteroatoms. The highest BCUT2D eigenvalue weighted by Crippen LogP contribution is 2.25. The summed E-state index contributed by atoms with van der Waals surface area (Å²) in [5.41, 5.74) is 2.56. The first kappa shape index (κ1) is 17.9. The minimum Gasteiger partial charge on any atom is -0.456 e. The van der Waals surface area contributed by atoms with E-state index in [1.54, 1.807) is 29.7 Å². The van der Waals surface area contributed by atoms with Crippen LogP contribution in [0.2, 0.25) is 0 Å². The Morgan fingerprint density at radius 3 is 2.93 bits per heavy atom. The standard InChI is InChI=1S/C21H17N3O3S/c25-21(26-15-18-11-19(27-23-18)20-7-4-10-28-20)9-8-17-12-22-24(14-17)13-16-5-2-1-3-6-16/h1-12,14H,13,15H2/b9-8+. The Morgan fingerprint density at radius 2 is 2.11 bits per heavy atom. The summed E-state index contributed by atoms with van der Waals surface area (Å²) in [6.07, 6.45) is 6.64. The number of benzene rings is 1. The van der Waals surface area contributed by atoms with Crippen LogP contribution in [0.5, 0.6) is 0 Å². The van der Waals surface area contributed by atoms with Crippen LogP contribution in [0.15, 0.2) is 76.9 Å². The van der Waals surface area contributed by atoms with Gasteiger partial charge in [-0.3, -0.25) is 4.68 Å². The average molecular weight is 391 g/mol. The molecule has 28 heavy (non-hydrogen) atoms. The second-order valence-electron chi connectivity index (χ2n) is 6.06. The molecule has 0 aliphatic heterocycles. The Balaban J connectivity index is 1.28. The van der Waals surface area contributed by atoms with E-state index in [2.05, 4.69) is 10.3 Å². The lowest BCUT2D eigenvalue weighted by Gasteiger charge is -2.00. The highest BCUT2D eigenvalue weighted by molar-refractivity contribution is 7.13. The van der Waals surface area contributed by atoms with Gasteiger partial charge in [0.25, 0.3) is 0 Å². The molecule has 0 N–H and O–H groups in total. The second-order valence-corrected chi connectivity index (χ2v) is 7.01. The van der Waals surface area contributed by atoms with Crippen molar-refractivity contribution in [1.29, 1.82) is 0 Å². The maximum atomic E-state index is 11.9. The third-order valence-electron chi connectivity index (χ3n) is 3.94. The Morgan fingerprint density at radius 1 is 1.21 bits per heavy atom. The van der Waals surface area contributed by atoms with Crippen molar-refractivity contribution in [2.24, 2.45) is 0 Å². The molecule has 4 rings (SSSR count). The first-order chi connectivity index (χ1) is 13.8. The minimum atomic E-state index is -0.448. The number of rotatable bonds is 7. The Kier molecular flexibility index (Phi) is 5.44. The molecule has 0 amide bonds. The lowest BCUT2D eigenvalue weighted by atomic mass is 10.2. The van der Waals surface area contributed by atoms with Crippen LogP contribution in [-0.2, 0) is 22.7 Å². The summed E-state index contributed by atoms with van der Waals surface area (Å²) in [6.45, 7) is 0.739. The van der Waals surface area contributed by atoms with E-state index in [-0.39, 0.29) is 6.61 Å². The predicted octanol–water partition coefficient (Wildman–Crippen LogP) is 4.40. The number of carbonyl (C=O) groups is 1. The van der Waals surface area contributed by atoms with Crippen molar-refractivity contribution >= 4 is 23.4 Å². The highest BCUT2D eigenvalue weighted by Gasteiger charge is 2.09. The lowest BCUT2D eigenvalue weighted by molar-refractivity contribution is -0.139. The van der Waals surface area contributed by atoms with Gasteiger partial charge in [-0.15, -0.1) is 11.3 Å². The zero-order valence-electron chi connectivity index (χ0n) is 14.9. The molecular formula is C21H17N3O3S. The van der Waals surface area contributed by atoms with E-state index < -0.39 is 5.97 Å². The summed E-state index contributed by atoms with van der Waals surface area (Å²) >= 11 is 1.56. The van der Waals surface area contributed by atoms with E-state index in [1.165, 1.54) is 6.08 Å². The van der Waals surface area contributed by atoms with E-state index in [0.717, 1.165) is 16.0 Å². The number of ether oxygens (including phenoxy) is 1. The van der Waals surface area contributed by atoms with E-state index in [4.69, 9.17) is 9.26 Å². The van der Waals surface area contributed by atoms with Gasteiger partial charge in [-0.25, -0.2) is 4.79 Å². The van der Waals surface area contributed by atoms with Crippen molar-refractivity contribution in [3.8, 4) is 10.6 Å². The Labute approximate surface area is 165 Å². The smallest absolute Gasteiger partial charge is 0.331 e. The van der Waals surface area contributed by atoms with E-state index in [1.807, 2.05) is 58.7 Å². The summed E-state index contributed by atoms with van der Waals surface area (Å²) in [5, 5.41) is 10.2. The van der Waals surface area contributed by atoms with Gasteiger partial charge < -0.3 is 9.26 Å². The van der Waals surface area contributed by atoms with E-state index >= 15 is 0 Å². The number of esters is 1. The molecule has 0 aliphatic rings. The number of carbonyl (C=O) groups excluding carboxylic acids is 1. The molecule has 3 aromatic heterocycles. The molecule has 0 aliphatic carbocycles. The molecule has 0 fully saturated rings. The first-order valence-electron chi connectivity index (χ1n) is 8.67. The Bertz CT molecular complexity index is 1070. The molecule has 0 spiro atoms. The monoisotopic (exact) mass is 391 g/mol. The summed E-state index contributed by atoms with van der Waals surface area (Å²) < 4.78 is 12.3. The molecule has 140 valence electrons. The highest BCUT2D eigenvalue weighted by atomic mass is 32.1. The van der Waals surface area contributed by atoms with Gasteiger partial charge in [0, 0.05) is 23.9 Å². The predicted molar refractivity (Wildman–Crippen MR) is 106 cm³/mol. The quantitative estimate of drug-likeness (QED) is 0.345. The number of hydrogen-bond acceptors (Lipinski definition) is 6. The van der Waals surface area contributed by atoms with Gasteiger partial charge >= 0.3 is 5.97 Å². The van der Waals surface area contributed by atoms with Crippen LogP contribution < -0.4 is 0 Å². The molecule has 0 radical (unpaired) electrons. The molecule has 0 saturated carbocycles. The minimum absolute atomic E-state index is 0.0608. The summed E-state index contributed by atoms with van der Waals surface area (Å²) in [6, 6.07) is 15.7. The topological polar surface area (TPSA) is 70.2 Å². The number of nitrogens with zero attached hydrogens (tertiary/aromatic N) is 3. The van der Waals surface area contributed by atoms with Gasteiger partial charge in [0.2, 0.25) is 0 Å². The van der Waals surface area contributed by atoms with Crippen molar-refractivity contribution < 1.29 is 14.1 Å². The summed E-state index contributed by atoms with van der Waals surface area (Å²) in [7, 11) is 0. The number of thiophene rings is 1. The van der Waals surface area contributed by atoms with Crippen molar-refractivity contribution in [3.05, 3.63) is 89.2 Å². The van der Waals surface area contributed by atoms with Crippen molar-refractivity contribution in [2.45, 2.75) is 13.2 Å². The van der Waals surface area contributed by atoms with Crippen LogP contribution in [0.3, 0.4) is 0 Å².